The molecule has 1 rings (SSSR count). The predicted molar refractivity (Wildman–Crippen MR) is 50.9 cm³/mol. The molecule has 5 nitrogen and oxygen atoms in total. The molecule has 1 unspecified atom stereocenters. The lowest BCUT2D eigenvalue weighted by atomic mass is 10.2. The van der Waals surface area contributed by atoms with E-state index in [0.29, 0.717) is 11.4 Å². The van der Waals surface area contributed by atoms with Crippen molar-refractivity contribution in [1.29, 1.82) is 0 Å². The van der Waals surface area contributed by atoms with Gasteiger partial charge in [0.1, 0.15) is 17.6 Å². The summed E-state index contributed by atoms with van der Waals surface area (Å²) in [5.74, 6) is 0. The molecule has 1 aromatic rings. The van der Waals surface area contributed by atoms with Gasteiger partial charge >= 0.3 is 0 Å². The number of aryl methyl sites for hydroxylation is 2. The lowest BCUT2D eigenvalue weighted by Gasteiger charge is -2.05. The second-order valence-corrected chi connectivity index (χ2v) is 2.76. The van der Waals surface area contributed by atoms with Crippen molar-refractivity contribution in [3.05, 3.63) is 11.4 Å². The summed E-state index contributed by atoms with van der Waals surface area (Å²) >= 11 is 0. The maximum absolute atomic E-state index is 9.25. The number of rotatable bonds is 3. The predicted octanol–water partition coefficient (Wildman–Crippen LogP) is 0.264. The minimum atomic E-state index is -1.06. The quantitative estimate of drug-likeness (QED) is 0.520. The summed E-state index contributed by atoms with van der Waals surface area (Å²) < 4.78 is 1.54. The van der Waals surface area contributed by atoms with Crippen LogP contribution in [0, 0.1) is 0 Å². The largest absolute Gasteiger partial charge is 0.373 e. The SMILES string of the molecule is C=Nc1c(CC)nn(C)c1C(N)O. The van der Waals surface area contributed by atoms with Crippen molar-refractivity contribution in [3.8, 4) is 0 Å². The molecule has 72 valence electrons. The Morgan fingerprint density at radius 2 is 2.38 bits per heavy atom. The molecule has 0 aliphatic heterocycles. The Bertz CT molecular complexity index is 316. The van der Waals surface area contributed by atoms with Crippen molar-refractivity contribution in [2.24, 2.45) is 17.8 Å². The molecule has 13 heavy (non-hydrogen) atoms. The Balaban J connectivity index is 3.30. The molecule has 0 amide bonds. The van der Waals surface area contributed by atoms with E-state index < -0.39 is 6.23 Å². The van der Waals surface area contributed by atoms with Gasteiger partial charge < -0.3 is 10.8 Å². The van der Waals surface area contributed by atoms with E-state index in [2.05, 4.69) is 16.8 Å². The molecule has 0 saturated heterocycles. The zero-order valence-corrected chi connectivity index (χ0v) is 7.86. The average Bonchev–Trinajstić information content (AvgIpc) is 2.41. The number of aromatic nitrogens is 2. The Morgan fingerprint density at radius 3 is 2.77 bits per heavy atom. The minimum Gasteiger partial charge on any atom is -0.373 e. The van der Waals surface area contributed by atoms with Crippen molar-refractivity contribution in [2.75, 3.05) is 0 Å². The number of nitrogens with two attached hydrogens (primary N) is 1. The topological polar surface area (TPSA) is 76.4 Å². The molecule has 1 aromatic heterocycles. The Hall–Kier alpha value is -1.20. The number of hydrogen-bond acceptors (Lipinski definition) is 4. The van der Waals surface area contributed by atoms with Gasteiger partial charge in [-0.05, 0) is 13.1 Å². The van der Waals surface area contributed by atoms with Crippen molar-refractivity contribution < 1.29 is 5.11 Å². The Labute approximate surface area is 76.9 Å². The summed E-state index contributed by atoms with van der Waals surface area (Å²) in [5, 5.41) is 13.4. The second kappa shape index (κ2) is 3.68. The molecular formula is C8H14N4O. The highest BCUT2D eigenvalue weighted by Gasteiger charge is 2.17. The van der Waals surface area contributed by atoms with E-state index in [1.165, 1.54) is 4.68 Å². The van der Waals surface area contributed by atoms with Gasteiger partial charge in [0.05, 0.1) is 5.69 Å². The summed E-state index contributed by atoms with van der Waals surface area (Å²) in [4.78, 5) is 3.81. The van der Waals surface area contributed by atoms with Gasteiger partial charge in [0.15, 0.2) is 0 Å². The van der Waals surface area contributed by atoms with Crippen LogP contribution in [-0.2, 0) is 13.5 Å². The molecule has 1 heterocycles. The number of hydrogen-bond donors (Lipinski definition) is 2. The third-order valence-electron chi connectivity index (χ3n) is 1.91. The van der Waals surface area contributed by atoms with Crippen LogP contribution in [-0.4, -0.2) is 21.6 Å². The van der Waals surface area contributed by atoms with Crippen molar-refractivity contribution >= 4 is 12.4 Å². The lowest BCUT2D eigenvalue weighted by molar-refractivity contribution is 0.177. The first-order valence-corrected chi connectivity index (χ1v) is 4.08. The summed E-state index contributed by atoms with van der Waals surface area (Å²) in [6.07, 6.45) is -0.312. The van der Waals surface area contributed by atoms with Gasteiger partial charge in [-0.2, -0.15) is 5.10 Å². The fourth-order valence-electron chi connectivity index (χ4n) is 1.33. The third-order valence-corrected chi connectivity index (χ3v) is 1.91. The van der Waals surface area contributed by atoms with Gasteiger partial charge in [0, 0.05) is 7.05 Å². The van der Waals surface area contributed by atoms with E-state index in [1.54, 1.807) is 7.05 Å². The molecule has 0 aliphatic rings. The van der Waals surface area contributed by atoms with Crippen molar-refractivity contribution in [3.63, 3.8) is 0 Å². The maximum Gasteiger partial charge on any atom is 0.147 e. The second-order valence-electron chi connectivity index (χ2n) is 2.76. The van der Waals surface area contributed by atoms with E-state index in [4.69, 9.17) is 5.73 Å². The molecule has 0 fully saturated rings. The standard InChI is InChI=1S/C8H14N4O/c1-4-5-6(10-2)7(8(9)13)12(3)11-5/h8,13H,2,4,9H2,1,3H3. The monoisotopic (exact) mass is 182 g/mol. The molecule has 0 spiro atoms. The molecule has 0 aromatic carbocycles. The molecule has 0 saturated carbocycles. The highest BCUT2D eigenvalue weighted by molar-refractivity contribution is 5.53. The number of aliphatic imine (C=N–C) groups is 1. The molecule has 5 heteroatoms. The molecule has 3 N–H and O–H groups in total. The highest BCUT2D eigenvalue weighted by atomic mass is 16.3. The first-order valence-electron chi connectivity index (χ1n) is 4.08. The van der Waals surface area contributed by atoms with Crippen LogP contribution in [0.1, 0.15) is 24.5 Å². The van der Waals surface area contributed by atoms with E-state index in [9.17, 15) is 5.11 Å². The zero-order chi connectivity index (χ0) is 10.0. The molecular weight excluding hydrogens is 168 g/mol. The average molecular weight is 182 g/mol. The van der Waals surface area contributed by atoms with Crippen LogP contribution in [0.5, 0.6) is 0 Å². The summed E-state index contributed by atoms with van der Waals surface area (Å²) in [6, 6.07) is 0. The summed E-state index contributed by atoms with van der Waals surface area (Å²) in [7, 11) is 1.72. The number of aliphatic hydroxyl groups excluding tert-OH is 1. The van der Waals surface area contributed by atoms with Gasteiger partial charge in [0.2, 0.25) is 0 Å². The van der Waals surface area contributed by atoms with E-state index >= 15 is 0 Å². The fraction of sp³-hybridized carbons (Fsp3) is 0.500. The smallest absolute Gasteiger partial charge is 0.147 e. The van der Waals surface area contributed by atoms with Gasteiger partial charge in [-0.1, -0.05) is 6.92 Å². The van der Waals surface area contributed by atoms with Gasteiger partial charge in [-0.15, -0.1) is 0 Å². The highest BCUT2D eigenvalue weighted by Crippen LogP contribution is 2.26. The summed E-state index contributed by atoms with van der Waals surface area (Å²) in [5.41, 5.74) is 7.27. The van der Waals surface area contributed by atoms with Crippen LogP contribution in [0.2, 0.25) is 0 Å². The lowest BCUT2D eigenvalue weighted by Crippen LogP contribution is -2.13. The van der Waals surface area contributed by atoms with Crippen LogP contribution in [0.4, 0.5) is 5.69 Å². The molecule has 0 aliphatic carbocycles. The number of nitrogens with zero attached hydrogens (tertiary/aromatic N) is 3. The fourth-order valence-corrected chi connectivity index (χ4v) is 1.33. The van der Waals surface area contributed by atoms with Crippen LogP contribution in [0.15, 0.2) is 4.99 Å². The minimum absolute atomic E-state index is 0.506. The van der Waals surface area contributed by atoms with Crippen LogP contribution >= 0.6 is 0 Å². The zero-order valence-electron chi connectivity index (χ0n) is 7.86. The summed E-state index contributed by atoms with van der Waals surface area (Å²) in [6.45, 7) is 5.39. The van der Waals surface area contributed by atoms with Crippen LogP contribution < -0.4 is 5.73 Å². The first-order chi connectivity index (χ1) is 6.11. The van der Waals surface area contributed by atoms with E-state index in [-0.39, 0.29) is 0 Å². The maximum atomic E-state index is 9.25. The molecule has 0 radical (unpaired) electrons. The van der Waals surface area contributed by atoms with Crippen molar-refractivity contribution in [1.82, 2.24) is 9.78 Å². The van der Waals surface area contributed by atoms with Gasteiger partial charge in [-0.3, -0.25) is 9.67 Å². The normalized spacial score (nSPS) is 12.9. The van der Waals surface area contributed by atoms with E-state index in [0.717, 1.165) is 12.1 Å². The van der Waals surface area contributed by atoms with E-state index in [1.807, 2.05) is 6.92 Å². The van der Waals surface area contributed by atoms with Gasteiger partial charge in [0.25, 0.3) is 0 Å². The van der Waals surface area contributed by atoms with Crippen LogP contribution in [0.3, 0.4) is 0 Å². The number of aliphatic hydroxyl groups is 1. The Morgan fingerprint density at radius 1 is 1.77 bits per heavy atom. The van der Waals surface area contributed by atoms with Gasteiger partial charge in [-0.25, -0.2) is 0 Å². The Kier molecular flexibility index (Phi) is 2.79. The molecule has 1 atom stereocenters. The van der Waals surface area contributed by atoms with Crippen LogP contribution in [0.25, 0.3) is 0 Å². The third kappa shape index (κ3) is 1.61. The molecule has 0 bridgehead atoms. The first kappa shape index (κ1) is 9.88. The van der Waals surface area contributed by atoms with Crippen molar-refractivity contribution in [2.45, 2.75) is 19.6 Å².